The molecular formula is C11H8F3NO4. The molecule has 0 spiro atoms. The molecule has 0 unspecified atom stereocenters. The molecule has 2 rings (SSSR count). The van der Waals surface area contributed by atoms with Gasteiger partial charge < -0.3 is 19.0 Å². The third kappa shape index (κ3) is 3.88. The van der Waals surface area contributed by atoms with Crippen LogP contribution in [-0.2, 0) is 6.61 Å². The van der Waals surface area contributed by atoms with Crippen LogP contribution in [0.3, 0.4) is 0 Å². The fraction of sp³-hybridized carbons (Fsp3) is 0.182. The molecule has 1 heterocycles. The van der Waals surface area contributed by atoms with Gasteiger partial charge in [-0.25, -0.2) is 0 Å². The van der Waals surface area contributed by atoms with Gasteiger partial charge in [0, 0.05) is 0 Å². The van der Waals surface area contributed by atoms with Crippen LogP contribution in [0.1, 0.15) is 5.69 Å². The molecule has 2 aromatic rings. The van der Waals surface area contributed by atoms with E-state index in [1.165, 1.54) is 18.4 Å². The first-order valence-electron chi connectivity index (χ1n) is 5.05. The zero-order valence-corrected chi connectivity index (χ0v) is 9.35. The Morgan fingerprint density at radius 1 is 1.16 bits per heavy atom. The molecule has 0 aliphatic heterocycles. The molecule has 102 valence electrons. The van der Waals surface area contributed by atoms with E-state index in [4.69, 9.17) is 14.3 Å². The van der Waals surface area contributed by atoms with Crippen molar-refractivity contribution in [3.05, 3.63) is 36.2 Å². The highest BCUT2D eigenvalue weighted by Gasteiger charge is 2.30. The number of oxazole rings is 1. The third-order valence-electron chi connectivity index (χ3n) is 1.96. The lowest BCUT2D eigenvalue weighted by Crippen LogP contribution is -2.16. The van der Waals surface area contributed by atoms with E-state index in [0.29, 0.717) is 0 Å². The molecule has 19 heavy (non-hydrogen) atoms. The van der Waals surface area contributed by atoms with E-state index in [1.54, 1.807) is 0 Å². The van der Waals surface area contributed by atoms with Crippen molar-refractivity contribution >= 4 is 0 Å². The Hall–Kier alpha value is -2.22. The summed E-state index contributed by atoms with van der Waals surface area (Å²) >= 11 is 0. The summed E-state index contributed by atoms with van der Waals surface area (Å²) in [6.45, 7) is -0.300. The van der Waals surface area contributed by atoms with Gasteiger partial charge in [-0.05, 0) is 24.3 Å². The molecule has 8 heteroatoms. The Morgan fingerprint density at radius 2 is 1.79 bits per heavy atom. The highest BCUT2D eigenvalue weighted by atomic mass is 19.4. The summed E-state index contributed by atoms with van der Waals surface area (Å²) in [6.07, 6.45) is -3.65. The van der Waals surface area contributed by atoms with Crippen LogP contribution in [0.2, 0.25) is 0 Å². The summed E-state index contributed by atoms with van der Waals surface area (Å²) in [6, 6.07) is 4.73. The molecule has 1 aromatic heterocycles. The molecule has 0 aliphatic rings. The number of hydrogen-bond acceptors (Lipinski definition) is 5. The average molecular weight is 275 g/mol. The zero-order valence-electron chi connectivity index (χ0n) is 9.35. The van der Waals surface area contributed by atoms with E-state index < -0.39 is 6.36 Å². The van der Waals surface area contributed by atoms with Crippen molar-refractivity contribution in [2.24, 2.45) is 0 Å². The Balaban J connectivity index is 2.02. The predicted octanol–water partition coefficient (Wildman–Crippen LogP) is 2.86. The largest absolute Gasteiger partial charge is 0.573 e. The molecule has 0 radical (unpaired) electrons. The van der Waals surface area contributed by atoms with Crippen LogP contribution in [0.5, 0.6) is 17.6 Å². The minimum Gasteiger partial charge on any atom is -0.417 e. The molecular weight excluding hydrogens is 267 g/mol. The number of benzene rings is 1. The highest BCUT2D eigenvalue weighted by Crippen LogP contribution is 2.26. The van der Waals surface area contributed by atoms with E-state index in [9.17, 15) is 13.2 Å². The van der Waals surface area contributed by atoms with Crippen molar-refractivity contribution in [2.45, 2.75) is 13.0 Å². The van der Waals surface area contributed by atoms with Gasteiger partial charge in [0.2, 0.25) is 0 Å². The van der Waals surface area contributed by atoms with Gasteiger partial charge in [0.25, 0.3) is 0 Å². The minimum atomic E-state index is -4.74. The van der Waals surface area contributed by atoms with Gasteiger partial charge >= 0.3 is 12.4 Å². The Labute approximate surface area is 105 Å². The maximum atomic E-state index is 11.9. The molecule has 0 bridgehead atoms. The summed E-state index contributed by atoms with van der Waals surface area (Å²) in [5.41, 5.74) is 0.284. The van der Waals surface area contributed by atoms with E-state index in [1.807, 2.05) is 0 Å². The van der Waals surface area contributed by atoms with Gasteiger partial charge in [-0.15, -0.1) is 13.2 Å². The fourth-order valence-electron chi connectivity index (χ4n) is 1.22. The molecule has 0 fully saturated rings. The average Bonchev–Trinajstić information content (AvgIpc) is 2.77. The van der Waals surface area contributed by atoms with Crippen LogP contribution in [0.4, 0.5) is 13.2 Å². The standard InChI is InChI=1S/C11H8F3NO4/c12-11(13,14)19-9-3-1-8(2-4-9)18-10-15-7(5-16)6-17-10/h1-4,6,16H,5H2. The lowest BCUT2D eigenvalue weighted by atomic mass is 10.3. The Morgan fingerprint density at radius 3 is 2.32 bits per heavy atom. The van der Waals surface area contributed by atoms with E-state index in [2.05, 4.69) is 9.72 Å². The van der Waals surface area contributed by atoms with E-state index in [-0.39, 0.29) is 29.9 Å². The summed E-state index contributed by atoms with van der Waals surface area (Å²) < 4.78 is 49.5. The second kappa shape index (κ2) is 5.19. The maximum Gasteiger partial charge on any atom is 0.573 e. The van der Waals surface area contributed by atoms with Gasteiger partial charge in [-0.3, -0.25) is 0 Å². The second-order valence-corrected chi connectivity index (χ2v) is 3.38. The third-order valence-corrected chi connectivity index (χ3v) is 1.96. The van der Waals surface area contributed by atoms with Crippen LogP contribution in [-0.4, -0.2) is 16.5 Å². The lowest BCUT2D eigenvalue weighted by Gasteiger charge is -2.08. The molecule has 0 saturated carbocycles. The van der Waals surface area contributed by atoms with Crippen LogP contribution >= 0.6 is 0 Å². The first kappa shape index (κ1) is 13.2. The van der Waals surface area contributed by atoms with Gasteiger partial charge in [0.1, 0.15) is 23.5 Å². The molecule has 1 N–H and O–H groups in total. The number of nitrogens with zero attached hydrogens (tertiary/aromatic N) is 1. The smallest absolute Gasteiger partial charge is 0.417 e. The highest BCUT2D eigenvalue weighted by molar-refractivity contribution is 5.32. The normalized spacial score (nSPS) is 11.4. The number of rotatable bonds is 4. The zero-order chi connectivity index (χ0) is 13.9. The summed E-state index contributed by atoms with van der Waals surface area (Å²) in [5.74, 6) is -0.135. The van der Waals surface area contributed by atoms with Gasteiger partial charge in [-0.1, -0.05) is 0 Å². The number of hydrogen-bond donors (Lipinski definition) is 1. The lowest BCUT2D eigenvalue weighted by molar-refractivity contribution is -0.274. The van der Waals surface area contributed by atoms with Crippen LogP contribution < -0.4 is 9.47 Å². The van der Waals surface area contributed by atoms with Crippen molar-refractivity contribution in [2.75, 3.05) is 0 Å². The van der Waals surface area contributed by atoms with E-state index in [0.717, 1.165) is 12.1 Å². The van der Waals surface area contributed by atoms with Crippen molar-refractivity contribution < 1.29 is 32.2 Å². The summed E-state index contributed by atoms with van der Waals surface area (Å²) in [4.78, 5) is 3.76. The number of halogens is 3. The quantitative estimate of drug-likeness (QED) is 0.929. The van der Waals surface area contributed by atoms with Crippen LogP contribution in [0.15, 0.2) is 34.9 Å². The second-order valence-electron chi connectivity index (χ2n) is 3.38. The monoisotopic (exact) mass is 275 g/mol. The molecule has 0 amide bonds. The fourth-order valence-corrected chi connectivity index (χ4v) is 1.22. The van der Waals surface area contributed by atoms with Crippen LogP contribution in [0.25, 0.3) is 0 Å². The van der Waals surface area contributed by atoms with Gasteiger partial charge in [-0.2, -0.15) is 4.98 Å². The SMILES string of the molecule is OCc1coc(Oc2ccc(OC(F)(F)F)cc2)n1. The van der Waals surface area contributed by atoms with E-state index >= 15 is 0 Å². The molecule has 0 atom stereocenters. The number of alkyl halides is 3. The predicted molar refractivity (Wildman–Crippen MR) is 55.6 cm³/mol. The number of aliphatic hydroxyl groups is 1. The first-order valence-corrected chi connectivity index (χ1v) is 5.05. The number of aliphatic hydroxyl groups excluding tert-OH is 1. The Kier molecular flexibility index (Phi) is 3.61. The molecule has 0 aliphatic carbocycles. The molecule has 1 aromatic carbocycles. The van der Waals surface area contributed by atoms with Crippen molar-refractivity contribution in [1.29, 1.82) is 0 Å². The maximum absolute atomic E-state index is 11.9. The summed E-state index contributed by atoms with van der Waals surface area (Å²) in [7, 11) is 0. The van der Waals surface area contributed by atoms with Crippen LogP contribution in [0, 0.1) is 0 Å². The van der Waals surface area contributed by atoms with Gasteiger partial charge in [0.15, 0.2) is 0 Å². The molecule has 0 saturated heterocycles. The Bertz CT molecular complexity index is 536. The number of aromatic nitrogens is 1. The van der Waals surface area contributed by atoms with Crippen molar-refractivity contribution in [1.82, 2.24) is 4.98 Å². The van der Waals surface area contributed by atoms with Crippen molar-refractivity contribution in [3.63, 3.8) is 0 Å². The number of ether oxygens (including phenoxy) is 2. The minimum absolute atomic E-state index is 0.117. The van der Waals surface area contributed by atoms with Crippen molar-refractivity contribution in [3.8, 4) is 17.6 Å². The molecule has 5 nitrogen and oxygen atoms in total. The topological polar surface area (TPSA) is 64.7 Å². The summed E-state index contributed by atoms with van der Waals surface area (Å²) in [5, 5.41) is 8.76. The first-order chi connectivity index (χ1) is 8.96. The van der Waals surface area contributed by atoms with Gasteiger partial charge in [0.05, 0.1) is 6.61 Å².